The first-order chi connectivity index (χ1) is 13.1. The monoisotopic (exact) mass is 385 g/mol. The van der Waals surface area contributed by atoms with Crippen LogP contribution in [-0.4, -0.2) is 35.0 Å². The molecule has 0 spiro atoms. The summed E-state index contributed by atoms with van der Waals surface area (Å²) in [4.78, 5) is 7.20. The molecular weight excluding hydrogens is 362 g/mol. The van der Waals surface area contributed by atoms with Gasteiger partial charge in [0.05, 0.1) is 30.6 Å². The van der Waals surface area contributed by atoms with Gasteiger partial charge >= 0.3 is 0 Å². The van der Waals surface area contributed by atoms with E-state index >= 15 is 0 Å². The molecular formula is C21H24ClN3O2. The first-order valence-corrected chi connectivity index (χ1v) is 9.57. The van der Waals surface area contributed by atoms with Gasteiger partial charge in [-0.15, -0.1) is 0 Å². The van der Waals surface area contributed by atoms with E-state index in [4.69, 9.17) is 21.1 Å². The zero-order valence-electron chi connectivity index (χ0n) is 15.9. The molecule has 0 saturated carbocycles. The van der Waals surface area contributed by atoms with E-state index < -0.39 is 0 Å². The molecule has 0 bridgehead atoms. The Kier molecular flexibility index (Phi) is 4.98. The van der Waals surface area contributed by atoms with Gasteiger partial charge < -0.3 is 13.9 Å². The second kappa shape index (κ2) is 7.41. The van der Waals surface area contributed by atoms with Gasteiger partial charge in [0.1, 0.15) is 5.65 Å². The number of fused-ring (bicyclic) bond motifs is 1. The van der Waals surface area contributed by atoms with Crippen LogP contribution < -0.4 is 9.47 Å². The molecule has 1 atom stereocenters. The van der Waals surface area contributed by atoms with Gasteiger partial charge in [0.25, 0.3) is 0 Å². The van der Waals surface area contributed by atoms with Crippen molar-refractivity contribution in [3.63, 3.8) is 0 Å². The maximum absolute atomic E-state index is 6.22. The molecule has 0 unspecified atom stereocenters. The minimum atomic E-state index is 0.356. The lowest BCUT2D eigenvalue weighted by Gasteiger charge is -2.25. The number of ether oxygens (including phenoxy) is 2. The van der Waals surface area contributed by atoms with E-state index in [0.717, 1.165) is 47.4 Å². The Labute approximate surface area is 164 Å². The second-order valence-corrected chi connectivity index (χ2v) is 7.40. The fraction of sp³-hybridized carbons (Fsp3) is 0.381. The molecule has 2 aromatic heterocycles. The molecule has 1 fully saturated rings. The quantitative estimate of drug-likeness (QED) is 0.640. The molecule has 6 heteroatoms. The second-order valence-electron chi connectivity index (χ2n) is 6.96. The molecule has 3 heterocycles. The zero-order chi connectivity index (χ0) is 19.0. The third-order valence-electron chi connectivity index (χ3n) is 5.39. The molecule has 1 aliphatic rings. The van der Waals surface area contributed by atoms with Crippen LogP contribution in [0.2, 0.25) is 5.02 Å². The van der Waals surface area contributed by atoms with Gasteiger partial charge in [-0.25, -0.2) is 4.98 Å². The number of likely N-dealkylation sites (tertiary alicyclic amines) is 1. The van der Waals surface area contributed by atoms with Crippen molar-refractivity contribution in [3.05, 3.63) is 58.5 Å². The van der Waals surface area contributed by atoms with Crippen molar-refractivity contribution in [3.8, 4) is 11.5 Å². The van der Waals surface area contributed by atoms with Crippen molar-refractivity contribution in [2.24, 2.45) is 0 Å². The Hall–Kier alpha value is -2.24. The molecule has 0 N–H and O–H groups in total. The summed E-state index contributed by atoms with van der Waals surface area (Å²) in [5.41, 5.74) is 4.44. The molecule has 0 aliphatic carbocycles. The number of hydrogen-bond donors (Lipinski definition) is 0. The number of halogens is 1. The topological polar surface area (TPSA) is 39.0 Å². The van der Waals surface area contributed by atoms with Crippen molar-refractivity contribution in [2.75, 3.05) is 20.8 Å². The number of benzene rings is 1. The SMILES string of the molecule is COc1ccc([C@@H]2CCCN2Cc2c(C)nc3ccc(Cl)cn23)cc1OC. The predicted molar refractivity (Wildman–Crippen MR) is 107 cm³/mol. The van der Waals surface area contributed by atoms with Crippen LogP contribution in [0.4, 0.5) is 0 Å². The normalized spacial score (nSPS) is 17.6. The van der Waals surface area contributed by atoms with Gasteiger partial charge in [0, 0.05) is 18.8 Å². The number of aryl methyl sites for hydroxylation is 1. The highest BCUT2D eigenvalue weighted by Gasteiger charge is 2.28. The Bertz CT molecular complexity index is 969. The molecule has 3 aromatic rings. The number of nitrogens with zero attached hydrogens (tertiary/aromatic N) is 3. The average molecular weight is 386 g/mol. The van der Waals surface area contributed by atoms with E-state index in [1.165, 1.54) is 17.7 Å². The molecule has 1 aromatic carbocycles. The van der Waals surface area contributed by atoms with Crippen molar-refractivity contribution in [1.82, 2.24) is 14.3 Å². The van der Waals surface area contributed by atoms with Crippen LogP contribution in [0.25, 0.3) is 5.65 Å². The summed E-state index contributed by atoms with van der Waals surface area (Å²) in [6.45, 7) is 3.97. The van der Waals surface area contributed by atoms with Crippen LogP contribution in [0.3, 0.4) is 0 Å². The lowest BCUT2D eigenvalue weighted by atomic mass is 10.0. The van der Waals surface area contributed by atoms with Gasteiger partial charge in [-0.05, 0) is 56.1 Å². The summed E-state index contributed by atoms with van der Waals surface area (Å²) in [7, 11) is 3.34. The smallest absolute Gasteiger partial charge is 0.161 e. The molecule has 5 nitrogen and oxygen atoms in total. The summed E-state index contributed by atoms with van der Waals surface area (Å²) in [5.74, 6) is 1.54. The van der Waals surface area contributed by atoms with E-state index in [9.17, 15) is 0 Å². The Balaban J connectivity index is 1.65. The largest absolute Gasteiger partial charge is 0.493 e. The Morgan fingerprint density at radius 1 is 1.15 bits per heavy atom. The highest BCUT2D eigenvalue weighted by Crippen LogP contribution is 2.37. The molecule has 0 radical (unpaired) electrons. The summed E-state index contributed by atoms with van der Waals surface area (Å²) in [5, 5.41) is 0.721. The van der Waals surface area contributed by atoms with Crippen LogP contribution in [0.5, 0.6) is 11.5 Å². The van der Waals surface area contributed by atoms with Crippen LogP contribution >= 0.6 is 11.6 Å². The summed E-state index contributed by atoms with van der Waals surface area (Å²) < 4.78 is 13.0. The van der Waals surface area contributed by atoms with E-state index in [1.807, 2.05) is 24.4 Å². The minimum Gasteiger partial charge on any atom is -0.493 e. The number of aromatic nitrogens is 2. The highest BCUT2D eigenvalue weighted by molar-refractivity contribution is 6.30. The number of pyridine rings is 1. The fourth-order valence-electron chi connectivity index (χ4n) is 4.02. The third-order valence-corrected chi connectivity index (χ3v) is 5.61. The Morgan fingerprint density at radius 3 is 2.74 bits per heavy atom. The van der Waals surface area contributed by atoms with E-state index in [0.29, 0.717) is 6.04 Å². The summed E-state index contributed by atoms with van der Waals surface area (Å²) in [6, 6.07) is 10.4. The van der Waals surface area contributed by atoms with E-state index in [1.54, 1.807) is 14.2 Å². The van der Waals surface area contributed by atoms with Gasteiger partial charge in [-0.1, -0.05) is 17.7 Å². The first-order valence-electron chi connectivity index (χ1n) is 9.19. The summed E-state index contributed by atoms with van der Waals surface area (Å²) >= 11 is 6.22. The highest BCUT2D eigenvalue weighted by atomic mass is 35.5. The van der Waals surface area contributed by atoms with Crippen LogP contribution in [-0.2, 0) is 6.54 Å². The van der Waals surface area contributed by atoms with Gasteiger partial charge in [0.2, 0.25) is 0 Å². The van der Waals surface area contributed by atoms with Crippen molar-refractivity contribution < 1.29 is 9.47 Å². The molecule has 1 aliphatic heterocycles. The zero-order valence-corrected chi connectivity index (χ0v) is 16.7. The molecule has 4 rings (SSSR count). The third kappa shape index (κ3) is 3.37. The van der Waals surface area contributed by atoms with Gasteiger partial charge in [-0.3, -0.25) is 4.90 Å². The van der Waals surface area contributed by atoms with Crippen LogP contribution in [0.1, 0.15) is 35.8 Å². The molecule has 142 valence electrons. The average Bonchev–Trinajstić information content (AvgIpc) is 3.26. The van der Waals surface area contributed by atoms with E-state index in [-0.39, 0.29) is 0 Å². The molecule has 1 saturated heterocycles. The van der Waals surface area contributed by atoms with E-state index in [2.05, 4.69) is 33.3 Å². The predicted octanol–water partition coefficient (Wildman–Crippen LogP) is 4.65. The number of hydrogen-bond acceptors (Lipinski definition) is 4. The summed E-state index contributed by atoms with van der Waals surface area (Å²) in [6.07, 6.45) is 4.26. The van der Waals surface area contributed by atoms with Crippen molar-refractivity contribution in [2.45, 2.75) is 32.4 Å². The first kappa shape index (κ1) is 18.1. The maximum atomic E-state index is 6.22. The van der Waals surface area contributed by atoms with Crippen LogP contribution in [0, 0.1) is 6.92 Å². The minimum absolute atomic E-state index is 0.356. The van der Waals surface area contributed by atoms with Crippen LogP contribution in [0.15, 0.2) is 36.5 Å². The lowest BCUT2D eigenvalue weighted by Crippen LogP contribution is -2.24. The van der Waals surface area contributed by atoms with Gasteiger partial charge in [0.15, 0.2) is 11.5 Å². The lowest BCUT2D eigenvalue weighted by molar-refractivity contribution is 0.243. The van der Waals surface area contributed by atoms with Crippen molar-refractivity contribution >= 4 is 17.2 Å². The maximum Gasteiger partial charge on any atom is 0.161 e. The fourth-order valence-corrected chi connectivity index (χ4v) is 4.18. The van der Waals surface area contributed by atoms with Crippen molar-refractivity contribution in [1.29, 1.82) is 0 Å². The number of methoxy groups -OCH3 is 2. The van der Waals surface area contributed by atoms with Gasteiger partial charge in [-0.2, -0.15) is 0 Å². The molecule has 27 heavy (non-hydrogen) atoms. The number of rotatable bonds is 5. The number of imidazole rings is 1. The standard InChI is InChI=1S/C21H24ClN3O2/c1-14-18(25-12-16(22)7-9-21(25)23-14)13-24-10-4-5-17(24)15-6-8-19(26-2)20(11-15)27-3/h6-9,11-12,17H,4-5,10,13H2,1-3H3/t17-/m0/s1. The molecule has 0 amide bonds. The Morgan fingerprint density at radius 2 is 1.96 bits per heavy atom.